The van der Waals surface area contributed by atoms with E-state index < -0.39 is 0 Å². The van der Waals surface area contributed by atoms with Crippen LogP contribution in [0.5, 0.6) is 11.8 Å². The molecule has 0 unspecified atom stereocenters. The first-order valence-electron chi connectivity index (χ1n) is 15.0. The number of carbonyl (C=O) groups is 1. The molecule has 0 radical (unpaired) electrons. The summed E-state index contributed by atoms with van der Waals surface area (Å²) in [6, 6.07) is 12.3. The molecule has 10 nitrogen and oxygen atoms in total. The van der Waals surface area contributed by atoms with Gasteiger partial charge in [0.2, 0.25) is 0 Å². The monoisotopic (exact) mass is 572 g/mol. The molecule has 3 aliphatic heterocycles. The zero-order chi connectivity index (χ0) is 28.9. The molecule has 10 heteroatoms. The Balaban J connectivity index is 1.22. The predicted molar refractivity (Wildman–Crippen MR) is 163 cm³/mol. The standard InChI is InChI=1S/C32H40N6O4/c1-41-26-8-12-36(22-26)11-5-19-42-32-33-29-23-38(30-21-25(40)20-24-6-2-3-7-27(24)30)13-9-28(29)31(34-32)37-16-14-35(15-17-37)10-4-18-39/h2-4,6-7,10,18,20-21,26,40H,5,8-9,11-17,19,22-23H2,1H3/t26-/m0/s1. The van der Waals surface area contributed by atoms with E-state index in [1.165, 1.54) is 5.56 Å². The lowest BCUT2D eigenvalue weighted by Gasteiger charge is -2.38. The number of benzene rings is 2. The Bertz CT molecular complexity index is 1420. The first-order chi connectivity index (χ1) is 20.6. The van der Waals surface area contributed by atoms with E-state index in [9.17, 15) is 9.90 Å². The van der Waals surface area contributed by atoms with Crippen LogP contribution in [0.4, 0.5) is 11.5 Å². The molecule has 1 atom stereocenters. The van der Waals surface area contributed by atoms with E-state index in [0.29, 0.717) is 25.3 Å². The van der Waals surface area contributed by atoms with Crippen LogP contribution < -0.4 is 14.5 Å². The Labute approximate surface area is 247 Å². The van der Waals surface area contributed by atoms with Gasteiger partial charge in [-0.3, -0.25) is 4.79 Å². The number of hydrogen-bond donors (Lipinski definition) is 1. The Kier molecular flexibility index (Phi) is 8.71. The summed E-state index contributed by atoms with van der Waals surface area (Å²) in [6.45, 7) is 8.22. The van der Waals surface area contributed by atoms with Gasteiger partial charge in [0.25, 0.3) is 0 Å². The zero-order valence-electron chi connectivity index (χ0n) is 24.3. The van der Waals surface area contributed by atoms with Gasteiger partial charge in [0.15, 0.2) is 0 Å². The van der Waals surface area contributed by atoms with Gasteiger partial charge >= 0.3 is 6.01 Å². The molecule has 3 aromatic rings. The van der Waals surface area contributed by atoms with Crippen LogP contribution in [0.2, 0.25) is 0 Å². The molecule has 0 spiro atoms. The number of anilines is 2. The van der Waals surface area contributed by atoms with Crippen LogP contribution in [0.3, 0.4) is 0 Å². The van der Waals surface area contributed by atoms with Crippen LogP contribution in [-0.2, 0) is 22.5 Å². The fourth-order valence-electron chi connectivity index (χ4n) is 6.34. The second-order valence-corrected chi connectivity index (χ2v) is 11.3. The van der Waals surface area contributed by atoms with Crippen molar-refractivity contribution < 1.29 is 19.4 Å². The number of piperazine rings is 1. The summed E-state index contributed by atoms with van der Waals surface area (Å²) in [5.41, 5.74) is 3.15. The van der Waals surface area contributed by atoms with Crippen molar-refractivity contribution in [1.82, 2.24) is 19.8 Å². The highest BCUT2D eigenvalue weighted by Gasteiger charge is 2.28. The molecule has 2 fully saturated rings. The number of likely N-dealkylation sites (tertiary alicyclic amines) is 1. The fraction of sp³-hybridized carbons (Fsp3) is 0.469. The van der Waals surface area contributed by atoms with Crippen molar-refractivity contribution in [3.05, 3.63) is 59.9 Å². The maximum absolute atomic E-state index is 10.8. The first-order valence-corrected chi connectivity index (χ1v) is 15.0. The van der Waals surface area contributed by atoms with Gasteiger partial charge in [-0.15, -0.1) is 0 Å². The van der Waals surface area contributed by atoms with E-state index in [1.54, 1.807) is 13.2 Å². The summed E-state index contributed by atoms with van der Waals surface area (Å²) < 4.78 is 11.7. The molecular weight excluding hydrogens is 532 g/mol. The number of phenols is 1. The SMILES string of the molecule is CO[C@H]1CCN(CCCOc2nc3c(c(N4CCN(C=CC=O)CC4)n2)CCN(c2cc(O)cc4ccccc24)C3)C1. The minimum atomic E-state index is 0.262. The smallest absolute Gasteiger partial charge is 0.318 e. The number of aromatic hydroxyl groups is 1. The number of rotatable bonds is 10. The predicted octanol–water partition coefficient (Wildman–Crippen LogP) is 3.22. The number of aromatic nitrogens is 2. The number of phenolic OH excluding ortho intramolecular Hbond substituents is 1. The number of hydrogen-bond acceptors (Lipinski definition) is 10. The van der Waals surface area contributed by atoms with Crippen LogP contribution in [0.1, 0.15) is 24.1 Å². The third kappa shape index (κ3) is 6.29. The zero-order valence-corrected chi connectivity index (χ0v) is 24.3. The van der Waals surface area contributed by atoms with E-state index in [4.69, 9.17) is 19.4 Å². The lowest BCUT2D eigenvalue weighted by Crippen LogP contribution is -2.45. The molecule has 0 saturated carbocycles. The second-order valence-electron chi connectivity index (χ2n) is 11.3. The van der Waals surface area contributed by atoms with E-state index in [2.05, 4.69) is 25.7 Å². The van der Waals surface area contributed by atoms with Gasteiger partial charge in [-0.2, -0.15) is 9.97 Å². The molecule has 3 aliphatic rings. The minimum Gasteiger partial charge on any atom is -0.508 e. The normalized spacial score (nSPS) is 19.5. The summed E-state index contributed by atoms with van der Waals surface area (Å²) in [5.74, 6) is 1.22. The number of allylic oxidation sites excluding steroid dienone is 1. The van der Waals surface area contributed by atoms with Crippen LogP contribution in [0.15, 0.2) is 48.7 Å². The van der Waals surface area contributed by atoms with E-state index in [-0.39, 0.29) is 5.75 Å². The molecule has 0 aliphatic carbocycles. The van der Waals surface area contributed by atoms with E-state index in [1.807, 2.05) is 36.5 Å². The van der Waals surface area contributed by atoms with Crippen LogP contribution in [-0.4, -0.2) is 103 Å². The van der Waals surface area contributed by atoms with Crippen molar-refractivity contribution in [3.8, 4) is 11.8 Å². The first kappa shape index (κ1) is 28.2. The summed E-state index contributed by atoms with van der Waals surface area (Å²) >= 11 is 0. The van der Waals surface area contributed by atoms with E-state index in [0.717, 1.165) is 106 Å². The van der Waals surface area contributed by atoms with Crippen molar-refractivity contribution in [2.24, 2.45) is 0 Å². The minimum absolute atomic E-state index is 0.262. The fourth-order valence-corrected chi connectivity index (χ4v) is 6.34. The third-order valence-corrected chi connectivity index (χ3v) is 8.59. The molecule has 42 heavy (non-hydrogen) atoms. The second kappa shape index (κ2) is 13.0. The van der Waals surface area contributed by atoms with Crippen molar-refractivity contribution in [2.75, 3.05) is 75.9 Å². The van der Waals surface area contributed by atoms with Gasteiger partial charge < -0.3 is 34.2 Å². The van der Waals surface area contributed by atoms with Crippen molar-refractivity contribution >= 4 is 28.6 Å². The van der Waals surface area contributed by atoms with Crippen molar-refractivity contribution in [3.63, 3.8) is 0 Å². The molecular formula is C32H40N6O4. The molecule has 2 saturated heterocycles. The Morgan fingerprint density at radius 3 is 2.71 bits per heavy atom. The molecule has 0 bridgehead atoms. The van der Waals surface area contributed by atoms with Crippen LogP contribution in [0, 0.1) is 0 Å². The number of carbonyl (C=O) groups excluding carboxylic acids is 1. The lowest BCUT2D eigenvalue weighted by molar-refractivity contribution is -0.104. The maximum Gasteiger partial charge on any atom is 0.318 e. The van der Waals surface area contributed by atoms with Gasteiger partial charge in [0.05, 0.1) is 24.9 Å². The summed E-state index contributed by atoms with van der Waals surface area (Å²) in [4.78, 5) is 29.9. The number of fused-ring (bicyclic) bond motifs is 2. The molecule has 0 amide bonds. The van der Waals surface area contributed by atoms with E-state index >= 15 is 0 Å². The largest absolute Gasteiger partial charge is 0.508 e. The highest BCUT2D eigenvalue weighted by molar-refractivity contribution is 5.95. The number of ether oxygens (including phenoxy) is 2. The molecule has 2 aromatic carbocycles. The molecule has 222 valence electrons. The van der Waals surface area contributed by atoms with Crippen LogP contribution >= 0.6 is 0 Å². The average molecular weight is 573 g/mol. The maximum atomic E-state index is 10.8. The van der Waals surface area contributed by atoms with Crippen molar-refractivity contribution in [1.29, 1.82) is 0 Å². The van der Waals surface area contributed by atoms with Gasteiger partial charge in [0, 0.05) is 88.4 Å². The number of aldehydes is 1. The number of methoxy groups -OCH3 is 1. The van der Waals surface area contributed by atoms with Crippen molar-refractivity contribution in [2.45, 2.75) is 31.9 Å². The van der Waals surface area contributed by atoms with Crippen LogP contribution in [0.25, 0.3) is 10.8 Å². The molecule has 4 heterocycles. The summed E-state index contributed by atoms with van der Waals surface area (Å²) in [7, 11) is 1.79. The highest BCUT2D eigenvalue weighted by Crippen LogP contribution is 2.36. The molecule has 6 rings (SSSR count). The Morgan fingerprint density at radius 1 is 1.05 bits per heavy atom. The summed E-state index contributed by atoms with van der Waals surface area (Å²) in [6.07, 6.45) is 7.34. The molecule has 1 aromatic heterocycles. The topological polar surface area (TPSA) is 94.5 Å². The van der Waals surface area contributed by atoms with Gasteiger partial charge in [0.1, 0.15) is 17.9 Å². The quantitative estimate of drug-likeness (QED) is 0.222. The Hall–Kier alpha value is -3.89. The van der Waals surface area contributed by atoms with Gasteiger partial charge in [-0.05, 0) is 36.8 Å². The average Bonchev–Trinajstić information content (AvgIpc) is 3.49. The lowest BCUT2D eigenvalue weighted by atomic mass is 10.0. The Morgan fingerprint density at radius 2 is 1.90 bits per heavy atom. The number of nitrogens with zero attached hydrogens (tertiary/aromatic N) is 6. The van der Waals surface area contributed by atoms with Gasteiger partial charge in [-0.25, -0.2) is 0 Å². The summed E-state index contributed by atoms with van der Waals surface area (Å²) in [5, 5.41) is 12.6. The third-order valence-electron chi connectivity index (χ3n) is 8.59. The van der Waals surface area contributed by atoms with Gasteiger partial charge in [-0.1, -0.05) is 24.3 Å². The molecule has 1 N–H and O–H groups in total. The highest BCUT2D eigenvalue weighted by atomic mass is 16.5.